The van der Waals surface area contributed by atoms with Crippen molar-refractivity contribution in [1.82, 2.24) is 0 Å². The lowest BCUT2D eigenvalue weighted by atomic mass is 9.84. The van der Waals surface area contributed by atoms with E-state index in [1.54, 1.807) is 0 Å². The molecular weight excluding hydrogens is 279 g/mol. The molecule has 4 N–H and O–H groups in total. The minimum atomic E-state index is -4.44. The summed E-state index contributed by atoms with van der Waals surface area (Å²) in [4.78, 5) is 19.1. The normalized spacial score (nSPS) is 19.5. The molecule has 0 bridgehead atoms. The minimum absolute atomic E-state index is 0.0336. The average Bonchev–Trinajstić information content (AvgIpc) is 2.35. The van der Waals surface area contributed by atoms with Gasteiger partial charge in [-0.15, -0.1) is 0 Å². The van der Waals surface area contributed by atoms with Crippen LogP contribution in [0.4, 0.5) is 0 Å². The van der Waals surface area contributed by atoms with E-state index in [9.17, 15) is 24.6 Å². The number of hydrogen-bond donors (Lipinski definition) is 4. The minimum Gasteiger partial charge on any atom is -0.390 e. The van der Waals surface area contributed by atoms with Gasteiger partial charge in [0.25, 0.3) is 0 Å². The Balaban J connectivity index is 5.54. The molecule has 0 heterocycles. The van der Waals surface area contributed by atoms with Crippen molar-refractivity contribution < 1.29 is 24.6 Å². The van der Waals surface area contributed by atoms with Gasteiger partial charge in [-0.1, -0.05) is 40.0 Å². The predicted octanol–water partition coefficient (Wildman–Crippen LogP) is 2.64. The molecule has 4 unspecified atom stereocenters. The molecule has 0 aliphatic carbocycles. The fourth-order valence-electron chi connectivity index (χ4n) is 2.60. The molecule has 0 aromatic carbocycles. The van der Waals surface area contributed by atoms with Crippen molar-refractivity contribution in [3.05, 3.63) is 11.4 Å². The molecule has 6 heteroatoms. The number of aliphatic hydroxyl groups is 2. The quantitative estimate of drug-likeness (QED) is 0.491. The molecule has 0 amide bonds. The molecule has 0 radical (unpaired) electrons. The van der Waals surface area contributed by atoms with Gasteiger partial charge in [0.15, 0.2) is 0 Å². The van der Waals surface area contributed by atoms with Gasteiger partial charge in [-0.2, -0.15) is 0 Å². The van der Waals surface area contributed by atoms with E-state index in [2.05, 4.69) is 0 Å². The topological polar surface area (TPSA) is 98.0 Å². The smallest absolute Gasteiger partial charge is 0.352 e. The van der Waals surface area contributed by atoms with Gasteiger partial charge in [-0.3, -0.25) is 4.57 Å². The molecule has 4 atom stereocenters. The second-order valence-electron chi connectivity index (χ2n) is 5.34. The molecule has 5 nitrogen and oxygen atoms in total. The van der Waals surface area contributed by atoms with Crippen LogP contribution < -0.4 is 0 Å². The second kappa shape index (κ2) is 8.96. The number of allylic oxidation sites excluding steroid dienone is 1. The fourth-order valence-corrected chi connectivity index (χ4v) is 3.77. The lowest BCUT2D eigenvalue weighted by Gasteiger charge is -2.29. The standard InChI is InChI=1S/C14H29O5P/c1-5-8-11(6-2)12(7-3)14(20(17,18)19)9-13(16)10(4)15/h9-13,15-16H,5-8H2,1-4H3,(H2,17,18,19). The Morgan fingerprint density at radius 1 is 1.15 bits per heavy atom. The van der Waals surface area contributed by atoms with E-state index in [1.165, 1.54) is 6.92 Å². The van der Waals surface area contributed by atoms with Gasteiger partial charge in [0.05, 0.1) is 12.2 Å². The molecule has 120 valence electrons. The summed E-state index contributed by atoms with van der Waals surface area (Å²) in [5, 5.41) is 19.0. The molecule has 20 heavy (non-hydrogen) atoms. The van der Waals surface area contributed by atoms with Crippen LogP contribution in [-0.2, 0) is 4.57 Å². The van der Waals surface area contributed by atoms with E-state index in [4.69, 9.17) is 0 Å². The molecule has 0 aliphatic heterocycles. The third kappa shape index (κ3) is 6.06. The predicted molar refractivity (Wildman–Crippen MR) is 80.3 cm³/mol. The lowest BCUT2D eigenvalue weighted by molar-refractivity contribution is 0.0610. The lowest BCUT2D eigenvalue weighted by Crippen LogP contribution is -2.23. The van der Waals surface area contributed by atoms with Gasteiger partial charge in [-0.05, 0) is 31.3 Å². The van der Waals surface area contributed by atoms with Crippen molar-refractivity contribution in [1.29, 1.82) is 0 Å². The Morgan fingerprint density at radius 3 is 2.00 bits per heavy atom. The maximum atomic E-state index is 11.7. The van der Waals surface area contributed by atoms with Crippen molar-refractivity contribution in [2.45, 2.75) is 65.6 Å². The third-order valence-corrected chi connectivity index (χ3v) is 4.90. The average molecular weight is 308 g/mol. The first kappa shape index (κ1) is 19.8. The highest BCUT2D eigenvalue weighted by molar-refractivity contribution is 7.56. The Kier molecular flexibility index (Phi) is 8.87. The molecular formula is C14H29O5P. The van der Waals surface area contributed by atoms with E-state index in [0.717, 1.165) is 25.3 Å². The number of hydrogen-bond acceptors (Lipinski definition) is 3. The largest absolute Gasteiger partial charge is 0.390 e. The van der Waals surface area contributed by atoms with Crippen molar-refractivity contribution >= 4 is 7.60 Å². The van der Waals surface area contributed by atoms with Crippen LogP contribution in [0.3, 0.4) is 0 Å². The summed E-state index contributed by atoms with van der Waals surface area (Å²) < 4.78 is 11.7. The summed E-state index contributed by atoms with van der Waals surface area (Å²) in [6.45, 7) is 7.33. The number of rotatable bonds is 9. The van der Waals surface area contributed by atoms with Crippen LogP contribution in [0.25, 0.3) is 0 Å². The molecule has 0 saturated carbocycles. The monoisotopic (exact) mass is 308 g/mol. The van der Waals surface area contributed by atoms with Crippen LogP contribution in [0, 0.1) is 11.8 Å². The highest BCUT2D eigenvalue weighted by Crippen LogP contribution is 2.52. The summed E-state index contributed by atoms with van der Waals surface area (Å²) in [5.74, 6) is -0.0979. The first-order chi connectivity index (χ1) is 9.18. The van der Waals surface area contributed by atoms with Crippen LogP contribution >= 0.6 is 7.60 Å². The third-order valence-electron chi connectivity index (χ3n) is 3.74. The van der Waals surface area contributed by atoms with Crippen molar-refractivity contribution in [3.8, 4) is 0 Å². The van der Waals surface area contributed by atoms with Gasteiger partial charge in [-0.25, -0.2) is 0 Å². The first-order valence-corrected chi connectivity index (χ1v) is 8.94. The van der Waals surface area contributed by atoms with E-state index in [-0.39, 0.29) is 17.2 Å². The number of aliphatic hydroxyl groups excluding tert-OH is 2. The van der Waals surface area contributed by atoms with Crippen molar-refractivity contribution in [2.24, 2.45) is 11.8 Å². The first-order valence-electron chi connectivity index (χ1n) is 7.32. The maximum Gasteiger partial charge on any atom is 0.352 e. The van der Waals surface area contributed by atoms with E-state index >= 15 is 0 Å². The molecule has 0 aromatic heterocycles. The van der Waals surface area contributed by atoms with Gasteiger partial charge < -0.3 is 20.0 Å². The molecule has 0 saturated heterocycles. The Hall–Kier alpha value is -0.190. The Morgan fingerprint density at radius 2 is 1.70 bits per heavy atom. The van der Waals surface area contributed by atoms with E-state index in [0.29, 0.717) is 6.42 Å². The SMILES string of the molecule is CCCC(CC)C(CC)C(=CC(O)C(C)O)P(=O)(O)O. The van der Waals surface area contributed by atoms with Crippen LogP contribution in [-0.4, -0.2) is 32.2 Å². The van der Waals surface area contributed by atoms with Crippen LogP contribution in [0.1, 0.15) is 53.4 Å². The summed E-state index contributed by atoms with van der Waals surface area (Å²) in [7, 11) is -4.44. The van der Waals surface area contributed by atoms with Crippen LogP contribution in [0.5, 0.6) is 0 Å². The van der Waals surface area contributed by atoms with Crippen molar-refractivity contribution in [2.75, 3.05) is 0 Å². The van der Waals surface area contributed by atoms with Gasteiger partial charge in [0.2, 0.25) is 0 Å². The molecule has 0 aliphatic rings. The van der Waals surface area contributed by atoms with E-state index < -0.39 is 19.8 Å². The van der Waals surface area contributed by atoms with E-state index in [1.807, 2.05) is 20.8 Å². The van der Waals surface area contributed by atoms with Gasteiger partial charge in [0, 0.05) is 5.31 Å². The highest BCUT2D eigenvalue weighted by Gasteiger charge is 2.33. The zero-order chi connectivity index (χ0) is 15.9. The highest BCUT2D eigenvalue weighted by atomic mass is 31.2. The zero-order valence-corrected chi connectivity index (χ0v) is 13.8. The molecule has 0 aromatic rings. The van der Waals surface area contributed by atoms with Crippen LogP contribution in [0.2, 0.25) is 0 Å². The summed E-state index contributed by atoms with van der Waals surface area (Å²) in [6, 6.07) is 0. The Bertz CT molecular complexity index is 347. The fraction of sp³-hybridized carbons (Fsp3) is 0.857. The van der Waals surface area contributed by atoms with Gasteiger partial charge in [0.1, 0.15) is 0 Å². The Labute approximate surface area is 121 Å². The second-order valence-corrected chi connectivity index (χ2v) is 6.94. The summed E-state index contributed by atoms with van der Waals surface area (Å²) in [6.07, 6.45) is 2.10. The molecule has 0 fully saturated rings. The summed E-state index contributed by atoms with van der Waals surface area (Å²) >= 11 is 0. The zero-order valence-electron chi connectivity index (χ0n) is 12.9. The maximum absolute atomic E-state index is 11.7. The van der Waals surface area contributed by atoms with Gasteiger partial charge >= 0.3 is 7.60 Å². The molecule has 0 spiro atoms. The molecule has 0 rings (SSSR count). The summed E-state index contributed by atoms with van der Waals surface area (Å²) in [5.41, 5.74) is 0. The van der Waals surface area contributed by atoms with Crippen LogP contribution in [0.15, 0.2) is 11.4 Å². The van der Waals surface area contributed by atoms with Crippen molar-refractivity contribution in [3.63, 3.8) is 0 Å².